The van der Waals surface area contributed by atoms with Crippen molar-refractivity contribution in [2.75, 3.05) is 0 Å². The van der Waals surface area contributed by atoms with Gasteiger partial charge in [0.05, 0.1) is 0 Å². The molecule has 1 atom stereocenters. The summed E-state index contributed by atoms with van der Waals surface area (Å²) in [5.74, 6) is 0. The summed E-state index contributed by atoms with van der Waals surface area (Å²) in [6.45, 7) is 16.8. The molecule has 1 unspecified atom stereocenters. The molecular weight excluding hydrogens is 759 g/mol. The van der Waals surface area contributed by atoms with E-state index in [1.807, 2.05) is 0 Å². The van der Waals surface area contributed by atoms with Crippen LogP contribution in [0, 0.1) is 20.8 Å². The second-order valence-corrected chi connectivity index (χ2v) is 19.2. The maximum absolute atomic E-state index is 2.95. The Bertz CT molecular complexity index is 2060. The van der Waals surface area contributed by atoms with E-state index in [9.17, 15) is 0 Å². The van der Waals surface area contributed by atoms with E-state index in [1.54, 1.807) is 0 Å². The van der Waals surface area contributed by atoms with Gasteiger partial charge in [0.25, 0.3) is 0 Å². The molecular formula is C48H45Cl3SiTi. The first-order chi connectivity index (χ1) is 24.1. The molecule has 0 amide bonds. The van der Waals surface area contributed by atoms with Crippen molar-refractivity contribution in [1.29, 1.82) is 0 Å². The molecule has 0 fully saturated rings. The van der Waals surface area contributed by atoms with Crippen molar-refractivity contribution in [1.82, 2.24) is 0 Å². The van der Waals surface area contributed by atoms with Gasteiger partial charge in [0.2, 0.25) is 0 Å². The Balaban J connectivity index is 0.00000209. The molecule has 0 spiro atoms. The van der Waals surface area contributed by atoms with Crippen molar-refractivity contribution in [3.63, 3.8) is 0 Å². The fraction of sp³-hybridized carbons (Fsp3) is 0.167. The smallest absolute Gasteiger partial charge is 1.00 e. The summed E-state index contributed by atoms with van der Waals surface area (Å²) in [5, 5.41) is 4.28. The van der Waals surface area contributed by atoms with E-state index in [0.717, 1.165) is 0 Å². The molecule has 0 nitrogen and oxygen atoms in total. The van der Waals surface area contributed by atoms with Crippen molar-refractivity contribution in [3.05, 3.63) is 183 Å². The van der Waals surface area contributed by atoms with Crippen LogP contribution in [0.15, 0.2) is 166 Å². The number of hydrogen-bond donors (Lipinski definition) is 0. The predicted molar refractivity (Wildman–Crippen MR) is 214 cm³/mol. The van der Waals surface area contributed by atoms with Crippen LogP contribution in [0.4, 0.5) is 0 Å². The van der Waals surface area contributed by atoms with Gasteiger partial charge in [0, 0.05) is 0 Å². The summed E-state index contributed by atoms with van der Waals surface area (Å²) in [6.07, 6.45) is 0. The quantitative estimate of drug-likeness (QED) is 0.172. The van der Waals surface area contributed by atoms with E-state index in [2.05, 4.69) is 214 Å². The predicted octanol–water partition coefficient (Wildman–Crippen LogP) is 2.03. The van der Waals surface area contributed by atoms with E-state index in [1.165, 1.54) is 86.2 Å². The summed E-state index contributed by atoms with van der Waals surface area (Å²) in [6, 6.07) is 54.5. The zero-order valence-corrected chi connectivity index (χ0v) is 36.3. The minimum atomic E-state index is -2.95. The van der Waals surface area contributed by atoms with Crippen molar-refractivity contribution in [2.24, 2.45) is 0 Å². The number of hydrogen-bond acceptors (Lipinski definition) is 0. The van der Waals surface area contributed by atoms with Crippen molar-refractivity contribution in [3.8, 4) is 33.4 Å². The molecule has 0 saturated heterocycles. The van der Waals surface area contributed by atoms with Crippen molar-refractivity contribution >= 4 is 23.6 Å². The first-order valence-corrected chi connectivity index (χ1v) is 20.5. The van der Waals surface area contributed by atoms with Crippen LogP contribution in [-0.2, 0) is 20.4 Å². The minimum Gasteiger partial charge on any atom is -1.00 e. The van der Waals surface area contributed by atoms with Gasteiger partial charge in [0.15, 0.2) is 0 Å². The van der Waals surface area contributed by atoms with Gasteiger partial charge in [-0.25, -0.2) is 0 Å². The topological polar surface area (TPSA) is 0 Å². The van der Waals surface area contributed by atoms with Crippen LogP contribution in [0.1, 0.15) is 44.4 Å². The Hall–Kier alpha value is -3.40. The van der Waals surface area contributed by atoms with Crippen LogP contribution < -0.4 is 52.8 Å². The van der Waals surface area contributed by atoms with E-state index in [0.29, 0.717) is 0 Å². The van der Waals surface area contributed by atoms with Gasteiger partial charge in [-0.3, -0.25) is 0 Å². The van der Waals surface area contributed by atoms with E-state index < -0.39 is 8.07 Å². The molecule has 0 saturated carbocycles. The van der Waals surface area contributed by atoms with Crippen LogP contribution >= 0.6 is 0 Å². The number of aryl methyl sites for hydroxylation is 3. The first kappa shape index (κ1) is 42.3. The number of allylic oxidation sites excluding steroid dienone is 4. The van der Waals surface area contributed by atoms with Gasteiger partial charge in [0.1, 0.15) is 0 Å². The van der Waals surface area contributed by atoms with Crippen LogP contribution in [-0.4, -0.2) is 8.07 Å². The fourth-order valence-electron chi connectivity index (χ4n) is 8.80. The SMILES string of the molecule is CC1=C(C)C(C)([Si](c2ccc(-c3ccccc3)cc2C)(c2ccc(-c3ccccc3)cc2C)c2ccc(-c3ccccc3)cc2C)[C]([Ti+3])=C1C.[Cl-].[Cl-].[Cl-]. The zero-order valence-electron chi connectivity index (χ0n) is 31.5. The number of benzene rings is 6. The Morgan fingerprint density at radius 1 is 0.396 bits per heavy atom. The third kappa shape index (κ3) is 7.02. The molecule has 266 valence electrons. The molecule has 0 heterocycles. The Morgan fingerprint density at radius 2 is 0.698 bits per heavy atom. The van der Waals surface area contributed by atoms with Crippen molar-refractivity contribution in [2.45, 2.75) is 53.5 Å². The van der Waals surface area contributed by atoms with Crippen LogP contribution in [0.2, 0.25) is 5.04 Å². The maximum atomic E-state index is 2.59. The first-order valence-electron chi connectivity index (χ1n) is 17.7. The van der Waals surface area contributed by atoms with Crippen LogP contribution in [0.5, 0.6) is 0 Å². The maximum Gasteiger partial charge on any atom is -1.00 e. The van der Waals surface area contributed by atoms with Gasteiger partial charge in [-0.2, -0.15) is 0 Å². The molecule has 0 aromatic heterocycles. The number of halogens is 3. The molecule has 53 heavy (non-hydrogen) atoms. The Labute approximate surface area is 348 Å². The standard InChI is InChI=1S/C48H45Si.3ClH.Ti/c1-33-29-42(39-17-11-8-12-18-39)23-26-45(33)49(48(7)32-36(4)37(5)38(48)6,46-27-24-43(30-34(46)2)40-19-13-9-14-20-40)47-28-25-44(31-35(47)3)41-21-15-10-16-22-41;;;;/h8-31H,1-7H3;3*1H;/q;;;;+3/p-3. The third-order valence-electron chi connectivity index (χ3n) is 11.7. The number of rotatable bonds is 7. The average molecular weight is 804 g/mol. The summed E-state index contributed by atoms with van der Waals surface area (Å²) in [4.78, 5) is 0. The van der Waals surface area contributed by atoms with Gasteiger partial charge in [-0.05, 0) is 0 Å². The van der Waals surface area contributed by atoms with Crippen LogP contribution in [0.25, 0.3) is 33.4 Å². The summed E-state index contributed by atoms with van der Waals surface area (Å²) >= 11 is 2.42. The molecule has 0 bridgehead atoms. The Morgan fingerprint density at radius 3 is 0.943 bits per heavy atom. The van der Waals surface area contributed by atoms with Gasteiger partial charge >= 0.3 is 314 Å². The molecule has 7 rings (SSSR count). The molecule has 6 aromatic rings. The molecule has 0 radical (unpaired) electrons. The largest absolute Gasteiger partial charge is 1.00 e. The fourth-order valence-corrected chi connectivity index (χ4v) is 17.1. The van der Waals surface area contributed by atoms with E-state index >= 15 is 0 Å². The zero-order chi connectivity index (χ0) is 35.2. The minimum absolute atomic E-state index is 0. The van der Waals surface area contributed by atoms with E-state index in [-0.39, 0.29) is 42.3 Å². The second-order valence-electron chi connectivity index (χ2n) is 14.3. The van der Waals surface area contributed by atoms with Gasteiger partial charge in [-0.1, -0.05) is 0 Å². The van der Waals surface area contributed by atoms with Gasteiger partial charge in [-0.15, -0.1) is 0 Å². The monoisotopic (exact) mass is 802 g/mol. The van der Waals surface area contributed by atoms with Crippen molar-refractivity contribution < 1.29 is 57.7 Å². The summed E-state index contributed by atoms with van der Waals surface area (Å²) in [5.41, 5.74) is 16.0. The molecule has 6 aromatic carbocycles. The Kier molecular flexibility index (Phi) is 13.5. The average Bonchev–Trinajstić information content (AvgIpc) is 3.30. The molecule has 5 heteroatoms. The molecule has 0 N–H and O–H groups in total. The van der Waals surface area contributed by atoms with Crippen LogP contribution in [0.3, 0.4) is 0 Å². The summed E-state index contributed by atoms with van der Waals surface area (Å²) < 4.78 is 1.50. The second kappa shape index (κ2) is 17.0. The summed E-state index contributed by atoms with van der Waals surface area (Å²) in [7, 11) is -2.95. The van der Waals surface area contributed by atoms with Gasteiger partial charge < -0.3 is 37.2 Å². The third-order valence-corrected chi connectivity index (χ3v) is 19.7. The van der Waals surface area contributed by atoms with E-state index in [4.69, 9.17) is 0 Å². The molecule has 1 aliphatic rings. The molecule has 0 aliphatic heterocycles. The normalized spacial score (nSPS) is 15.4. The molecule has 1 aliphatic carbocycles.